The van der Waals surface area contributed by atoms with Gasteiger partial charge in [-0.15, -0.1) is 0 Å². The molecule has 1 amide bonds. The van der Waals surface area contributed by atoms with Crippen molar-refractivity contribution in [3.8, 4) is 5.75 Å². The third-order valence-corrected chi connectivity index (χ3v) is 2.90. The number of hydrogen-bond acceptors (Lipinski definition) is 3. The Morgan fingerprint density at radius 2 is 2.00 bits per heavy atom. The molecule has 2 rings (SSSR count). The first-order valence-electron chi connectivity index (χ1n) is 6.94. The second-order valence-electron chi connectivity index (χ2n) is 4.62. The lowest BCUT2D eigenvalue weighted by Gasteiger charge is -2.04. The first-order valence-corrected chi connectivity index (χ1v) is 6.94. The van der Waals surface area contributed by atoms with E-state index in [9.17, 15) is 9.18 Å². The number of carbonyl (C=O) groups excluding carboxylic acids is 1. The Balaban J connectivity index is 1.85. The summed E-state index contributed by atoms with van der Waals surface area (Å²) in [4.78, 5) is 11.8. The van der Waals surface area contributed by atoms with E-state index in [4.69, 9.17) is 9.15 Å². The number of unbranched alkanes of at least 4 members (excludes halogenated alkanes) is 1. The number of benzene rings is 1. The molecule has 4 nitrogen and oxygen atoms in total. The van der Waals surface area contributed by atoms with E-state index in [1.54, 1.807) is 12.1 Å². The monoisotopic (exact) mass is 291 g/mol. The smallest absolute Gasteiger partial charge is 0.286 e. The van der Waals surface area contributed by atoms with E-state index in [0.717, 1.165) is 12.8 Å². The van der Waals surface area contributed by atoms with Gasteiger partial charge in [-0.05, 0) is 42.8 Å². The fourth-order valence-corrected chi connectivity index (χ4v) is 1.73. The van der Waals surface area contributed by atoms with Crippen LogP contribution in [-0.2, 0) is 6.61 Å². The lowest BCUT2D eigenvalue weighted by atomic mass is 10.3. The minimum absolute atomic E-state index is 0.188. The van der Waals surface area contributed by atoms with Crippen LogP contribution in [-0.4, -0.2) is 12.5 Å². The molecule has 1 N–H and O–H groups in total. The van der Waals surface area contributed by atoms with Crippen molar-refractivity contribution in [2.45, 2.75) is 26.4 Å². The zero-order valence-corrected chi connectivity index (χ0v) is 11.9. The van der Waals surface area contributed by atoms with Crippen LogP contribution in [0.3, 0.4) is 0 Å². The van der Waals surface area contributed by atoms with Gasteiger partial charge < -0.3 is 14.5 Å². The second kappa shape index (κ2) is 7.47. The van der Waals surface area contributed by atoms with E-state index in [-0.39, 0.29) is 24.1 Å². The van der Waals surface area contributed by atoms with Gasteiger partial charge in [0.15, 0.2) is 5.76 Å². The van der Waals surface area contributed by atoms with Gasteiger partial charge in [-0.25, -0.2) is 4.39 Å². The van der Waals surface area contributed by atoms with Crippen LogP contribution in [0.5, 0.6) is 5.75 Å². The molecule has 0 bridgehead atoms. The van der Waals surface area contributed by atoms with E-state index >= 15 is 0 Å². The van der Waals surface area contributed by atoms with E-state index in [1.807, 2.05) is 0 Å². The van der Waals surface area contributed by atoms with Crippen LogP contribution >= 0.6 is 0 Å². The van der Waals surface area contributed by atoms with Crippen LogP contribution in [0.25, 0.3) is 0 Å². The van der Waals surface area contributed by atoms with Crippen LogP contribution in [0.2, 0.25) is 0 Å². The molecule has 0 aliphatic carbocycles. The SMILES string of the molecule is CCCCNC(=O)c1ccc(COc2ccc(F)cc2)o1. The summed E-state index contributed by atoms with van der Waals surface area (Å²) >= 11 is 0. The van der Waals surface area contributed by atoms with Gasteiger partial charge in [0, 0.05) is 6.54 Å². The lowest BCUT2D eigenvalue weighted by Crippen LogP contribution is -2.23. The summed E-state index contributed by atoms with van der Waals surface area (Å²) in [6, 6.07) is 9.03. The van der Waals surface area contributed by atoms with Gasteiger partial charge in [-0.2, -0.15) is 0 Å². The molecule has 0 atom stereocenters. The molecule has 0 unspecified atom stereocenters. The Hall–Kier alpha value is -2.30. The molecular weight excluding hydrogens is 273 g/mol. The number of hydrogen-bond donors (Lipinski definition) is 1. The fourth-order valence-electron chi connectivity index (χ4n) is 1.73. The van der Waals surface area contributed by atoms with Gasteiger partial charge in [0.2, 0.25) is 0 Å². The van der Waals surface area contributed by atoms with Crippen molar-refractivity contribution in [1.29, 1.82) is 0 Å². The van der Waals surface area contributed by atoms with Crippen molar-refractivity contribution in [3.63, 3.8) is 0 Å². The molecule has 21 heavy (non-hydrogen) atoms. The van der Waals surface area contributed by atoms with Crippen molar-refractivity contribution in [3.05, 3.63) is 53.7 Å². The molecular formula is C16H18FNO3. The highest BCUT2D eigenvalue weighted by Crippen LogP contribution is 2.15. The maximum Gasteiger partial charge on any atom is 0.286 e. The molecule has 0 saturated carbocycles. The summed E-state index contributed by atoms with van der Waals surface area (Å²) in [6.07, 6.45) is 1.96. The summed E-state index contributed by atoms with van der Waals surface area (Å²) in [5, 5.41) is 2.78. The van der Waals surface area contributed by atoms with Crippen molar-refractivity contribution >= 4 is 5.91 Å². The van der Waals surface area contributed by atoms with Crippen LogP contribution in [0, 0.1) is 5.82 Å². The molecule has 1 aromatic heterocycles. The minimum Gasteiger partial charge on any atom is -0.486 e. The van der Waals surface area contributed by atoms with Crippen molar-refractivity contribution in [2.24, 2.45) is 0 Å². The van der Waals surface area contributed by atoms with Gasteiger partial charge in [0.1, 0.15) is 23.9 Å². The average molecular weight is 291 g/mol. The van der Waals surface area contributed by atoms with Gasteiger partial charge >= 0.3 is 0 Å². The van der Waals surface area contributed by atoms with E-state index in [1.165, 1.54) is 24.3 Å². The normalized spacial score (nSPS) is 10.4. The van der Waals surface area contributed by atoms with Gasteiger partial charge in [-0.3, -0.25) is 4.79 Å². The number of rotatable bonds is 7. The van der Waals surface area contributed by atoms with E-state index < -0.39 is 0 Å². The number of ether oxygens (including phenoxy) is 1. The molecule has 2 aromatic rings. The maximum absolute atomic E-state index is 12.8. The Labute approximate surface area is 122 Å². The highest BCUT2D eigenvalue weighted by Gasteiger charge is 2.10. The number of amides is 1. The van der Waals surface area contributed by atoms with Crippen molar-refractivity contribution in [2.75, 3.05) is 6.54 Å². The number of halogens is 1. The van der Waals surface area contributed by atoms with Crippen molar-refractivity contribution < 1.29 is 18.3 Å². The predicted octanol–water partition coefficient (Wildman–Crippen LogP) is 3.53. The molecule has 0 saturated heterocycles. The Morgan fingerprint density at radius 3 is 2.71 bits per heavy atom. The molecule has 1 heterocycles. The van der Waals surface area contributed by atoms with Gasteiger partial charge in [-0.1, -0.05) is 13.3 Å². The first-order chi connectivity index (χ1) is 10.2. The quantitative estimate of drug-likeness (QED) is 0.794. The topological polar surface area (TPSA) is 51.5 Å². The number of nitrogens with one attached hydrogen (secondary N) is 1. The zero-order valence-electron chi connectivity index (χ0n) is 11.9. The van der Waals surface area contributed by atoms with E-state index in [0.29, 0.717) is 18.1 Å². The fraction of sp³-hybridized carbons (Fsp3) is 0.312. The van der Waals surface area contributed by atoms with Gasteiger partial charge in [0.25, 0.3) is 5.91 Å². The standard InChI is InChI=1S/C16H18FNO3/c1-2-3-10-18-16(19)15-9-8-14(21-15)11-20-13-6-4-12(17)5-7-13/h4-9H,2-3,10-11H2,1H3,(H,18,19). The molecule has 0 radical (unpaired) electrons. The van der Waals surface area contributed by atoms with Crippen LogP contribution < -0.4 is 10.1 Å². The molecule has 112 valence electrons. The second-order valence-corrected chi connectivity index (χ2v) is 4.62. The van der Waals surface area contributed by atoms with Crippen LogP contribution in [0.15, 0.2) is 40.8 Å². The van der Waals surface area contributed by atoms with E-state index in [2.05, 4.69) is 12.2 Å². The summed E-state index contributed by atoms with van der Waals surface area (Å²) in [7, 11) is 0. The summed E-state index contributed by atoms with van der Waals surface area (Å²) in [5.41, 5.74) is 0. The molecule has 0 aliphatic heterocycles. The molecule has 0 fully saturated rings. The van der Waals surface area contributed by atoms with Crippen LogP contribution in [0.4, 0.5) is 4.39 Å². The van der Waals surface area contributed by atoms with Crippen molar-refractivity contribution in [1.82, 2.24) is 5.32 Å². The largest absolute Gasteiger partial charge is 0.486 e. The third-order valence-electron chi connectivity index (χ3n) is 2.90. The molecule has 5 heteroatoms. The zero-order chi connectivity index (χ0) is 15.1. The van der Waals surface area contributed by atoms with Gasteiger partial charge in [0.05, 0.1) is 0 Å². The molecule has 1 aromatic carbocycles. The highest BCUT2D eigenvalue weighted by atomic mass is 19.1. The highest BCUT2D eigenvalue weighted by molar-refractivity contribution is 5.91. The summed E-state index contributed by atoms with van der Waals surface area (Å²) in [6.45, 7) is 2.88. The third kappa shape index (κ3) is 4.63. The molecule has 0 spiro atoms. The minimum atomic E-state index is -0.314. The predicted molar refractivity (Wildman–Crippen MR) is 76.7 cm³/mol. The number of carbonyl (C=O) groups is 1. The number of furan rings is 1. The molecule has 0 aliphatic rings. The maximum atomic E-state index is 12.8. The Bertz CT molecular complexity index is 577. The summed E-state index contributed by atoms with van der Waals surface area (Å²) in [5.74, 6) is 0.813. The first kappa shape index (κ1) is 15.1. The Kier molecular flexibility index (Phi) is 5.37. The van der Waals surface area contributed by atoms with Crippen LogP contribution in [0.1, 0.15) is 36.1 Å². The average Bonchev–Trinajstić information content (AvgIpc) is 2.96. The lowest BCUT2D eigenvalue weighted by molar-refractivity contribution is 0.0921. The Morgan fingerprint density at radius 1 is 1.24 bits per heavy atom. The summed E-state index contributed by atoms with van der Waals surface area (Å²) < 4.78 is 23.6.